The third kappa shape index (κ3) is 5.20. The number of rotatable bonds is 1. The molecule has 0 aromatic rings. The summed E-state index contributed by atoms with van der Waals surface area (Å²) < 4.78 is 11.5. The average Bonchev–Trinajstić information content (AvgIpc) is 1.27. The lowest BCUT2D eigenvalue weighted by Crippen LogP contribution is -2.26. The summed E-state index contributed by atoms with van der Waals surface area (Å²) in [6.07, 6.45) is -2.81. The number of nitrogens with one attached hydrogen (secondary N) is 1. The normalized spacial score (nSPS) is 12.9. The third-order valence-electron chi connectivity index (χ3n) is 0.322. The number of carbonyl (C=O) groups is 1. The van der Waals surface area contributed by atoms with Gasteiger partial charge in [0.2, 0.25) is 0 Å². The van der Waals surface area contributed by atoms with Crippen LogP contribution in [-0.4, -0.2) is 17.5 Å². The van der Waals surface area contributed by atoms with Crippen molar-refractivity contribution in [2.45, 2.75) is 13.2 Å². The molecule has 0 aromatic carbocycles. The fourth-order valence-corrected chi connectivity index (χ4v) is 0.170. The van der Waals surface area contributed by atoms with Crippen molar-refractivity contribution in [2.24, 2.45) is 0 Å². The minimum Gasteiger partial charge on any atom is -0.465 e. The summed E-state index contributed by atoms with van der Waals surface area (Å²) in [5.41, 5.74) is 0. The monoisotopic (exact) mass is 107 g/mol. The minimum absolute atomic E-state index is 1.11. The predicted octanol–water partition coefficient (Wildman–Crippen LogP) is 0.569. The van der Waals surface area contributed by atoms with Gasteiger partial charge in [-0.05, 0) is 6.92 Å². The van der Waals surface area contributed by atoms with Crippen molar-refractivity contribution < 1.29 is 14.3 Å². The van der Waals surface area contributed by atoms with Crippen molar-refractivity contribution in [1.29, 1.82) is 0 Å². The first kappa shape index (κ1) is 6.20. The highest BCUT2D eigenvalue weighted by atomic mass is 19.1. The summed E-state index contributed by atoms with van der Waals surface area (Å²) in [5, 5.41) is 9.29. The van der Waals surface area contributed by atoms with Crippen LogP contribution in [0.25, 0.3) is 0 Å². The fourth-order valence-electron chi connectivity index (χ4n) is 0.170. The lowest BCUT2D eigenvalue weighted by atomic mass is 10.7. The Morgan fingerprint density at radius 2 is 2.43 bits per heavy atom. The standard InChI is InChI=1S/C3H6FNO2/c1-2(4)5-3(6)7/h2,5H,1H3,(H,6,7). The van der Waals surface area contributed by atoms with Gasteiger partial charge in [-0.15, -0.1) is 0 Å². The number of hydrogen-bond donors (Lipinski definition) is 2. The van der Waals surface area contributed by atoms with E-state index < -0.39 is 12.4 Å². The maximum Gasteiger partial charge on any atom is 0.406 e. The summed E-state index contributed by atoms with van der Waals surface area (Å²) in [6.45, 7) is 1.11. The van der Waals surface area contributed by atoms with Crippen LogP contribution in [0, 0.1) is 0 Å². The van der Waals surface area contributed by atoms with Gasteiger partial charge in [0.15, 0.2) is 6.30 Å². The Bertz CT molecular complexity index is 73.3. The van der Waals surface area contributed by atoms with Gasteiger partial charge < -0.3 is 5.11 Å². The summed E-state index contributed by atoms with van der Waals surface area (Å²) in [4.78, 5) is 9.46. The minimum atomic E-state index is -1.47. The summed E-state index contributed by atoms with van der Waals surface area (Å²) in [5.74, 6) is 0. The molecule has 3 nitrogen and oxygen atoms in total. The van der Waals surface area contributed by atoms with Gasteiger partial charge >= 0.3 is 6.09 Å². The van der Waals surface area contributed by atoms with Crippen molar-refractivity contribution in [3.05, 3.63) is 0 Å². The zero-order valence-electron chi connectivity index (χ0n) is 3.81. The van der Waals surface area contributed by atoms with Gasteiger partial charge in [-0.25, -0.2) is 9.18 Å². The van der Waals surface area contributed by atoms with Gasteiger partial charge in [-0.1, -0.05) is 0 Å². The Morgan fingerprint density at radius 1 is 2.00 bits per heavy atom. The molecule has 0 aliphatic heterocycles. The molecular weight excluding hydrogens is 101 g/mol. The molecule has 0 spiro atoms. The van der Waals surface area contributed by atoms with E-state index in [1.54, 1.807) is 5.32 Å². The number of hydrogen-bond acceptors (Lipinski definition) is 1. The van der Waals surface area contributed by atoms with Gasteiger partial charge in [0.05, 0.1) is 0 Å². The zero-order chi connectivity index (χ0) is 5.86. The van der Waals surface area contributed by atoms with Crippen LogP contribution in [0.3, 0.4) is 0 Å². The molecule has 4 heteroatoms. The molecule has 0 radical (unpaired) electrons. The summed E-state index contributed by atoms with van der Waals surface area (Å²) in [6, 6.07) is 0. The smallest absolute Gasteiger partial charge is 0.406 e. The van der Waals surface area contributed by atoms with E-state index in [9.17, 15) is 9.18 Å². The van der Waals surface area contributed by atoms with E-state index in [1.165, 1.54) is 0 Å². The molecule has 1 atom stereocenters. The van der Waals surface area contributed by atoms with Crippen molar-refractivity contribution >= 4 is 6.09 Å². The van der Waals surface area contributed by atoms with E-state index in [1.807, 2.05) is 0 Å². The van der Waals surface area contributed by atoms with Gasteiger partial charge in [0, 0.05) is 0 Å². The van der Waals surface area contributed by atoms with Gasteiger partial charge in [0.1, 0.15) is 0 Å². The van der Waals surface area contributed by atoms with Gasteiger partial charge in [0.25, 0.3) is 0 Å². The van der Waals surface area contributed by atoms with Crippen LogP contribution in [0.15, 0.2) is 0 Å². The molecule has 0 saturated carbocycles. The Hall–Kier alpha value is -0.800. The molecule has 2 N–H and O–H groups in total. The van der Waals surface area contributed by atoms with Crippen LogP contribution < -0.4 is 5.32 Å². The molecule has 0 rings (SSSR count). The second-order valence-electron chi connectivity index (χ2n) is 1.07. The van der Waals surface area contributed by atoms with Crippen molar-refractivity contribution in [1.82, 2.24) is 5.32 Å². The van der Waals surface area contributed by atoms with E-state index in [2.05, 4.69) is 0 Å². The van der Waals surface area contributed by atoms with Crippen LogP contribution >= 0.6 is 0 Å². The molecule has 7 heavy (non-hydrogen) atoms. The predicted molar refractivity (Wildman–Crippen MR) is 21.7 cm³/mol. The Morgan fingerprint density at radius 3 is 2.43 bits per heavy atom. The highest BCUT2D eigenvalue weighted by Crippen LogP contribution is 1.77. The van der Waals surface area contributed by atoms with E-state index in [-0.39, 0.29) is 0 Å². The number of amides is 1. The van der Waals surface area contributed by atoms with Crippen molar-refractivity contribution in [3.63, 3.8) is 0 Å². The SMILES string of the molecule is CC(F)NC(=O)O. The van der Waals surface area contributed by atoms with Crippen molar-refractivity contribution in [3.8, 4) is 0 Å². The highest BCUT2D eigenvalue weighted by Gasteiger charge is 1.98. The number of halogens is 1. The molecule has 0 fully saturated rings. The topological polar surface area (TPSA) is 49.3 Å². The quantitative estimate of drug-likeness (QED) is 0.481. The molecule has 0 heterocycles. The van der Waals surface area contributed by atoms with Gasteiger partial charge in [-0.3, -0.25) is 5.32 Å². The fraction of sp³-hybridized carbons (Fsp3) is 0.667. The van der Waals surface area contributed by atoms with Crippen LogP contribution in [0.5, 0.6) is 0 Å². The second-order valence-corrected chi connectivity index (χ2v) is 1.07. The Balaban J connectivity index is 3.13. The van der Waals surface area contributed by atoms with E-state index in [4.69, 9.17) is 5.11 Å². The Labute approximate surface area is 40.1 Å². The van der Waals surface area contributed by atoms with Crippen molar-refractivity contribution in [2.75, 3.05) is 0 Å². The van der Waals surface area contributed by atoms with Gasteiger partial charge in [-0.2, -0.15) is 0 Å². The highest BCUT2D eigenvalue weighted by molar-refractivity contribution is 5.64. The van der Waals surface area contributed by atoms with E-state index >= 15 is 0 Å². The molecule has 1 amide bonds. The number of alkyl halides is 1. The van der Waals surface area contributed by atoms with Crippen LogP contribution in [0.2, 0.25) is 0 Å². The number of carboxylic acid groups (broad SMARTS) is 1. The molecular formula is C3H6FNO2. The first-order valence-corrected chi connectivity index (χ1v) is 1.76. The lowest BCUT2D eigenvalue weighted by Gasteiger charge is -1.96. The summed E-state index contributed by atoms with van der Waals surface area (Å²) >= 11 is 0. The largest absolute Gasteiger partial charge is 0.465 e. The average molecular weight is 107 g/mol. The van der Waals surface area contributed by atoms with E-state index in [0.717, 1.165) is 6.92 Å². The molecule has 0 saturated heterocycles. The summed E-state index contributed by atoms with van der Waals surface area (Å²) in [7, 11) is 0. The first-order chi connectivity index (χ1) is 3.13. The molecule has 0 aliphatic rings. The Kier molecular flexibility index (Phi) is 2.11. The molecule has 0 aromatic heterocycles. The molecule has 42 valence electrons. The lowest BCUT2D eigenvalue weighted by molar-refractivity contribution is 0.177. The molecule has 0 aliphatic carbocycles. The van der Waals surface area contributed by atoms with E-state index in [0.29, 0.717) is 0 Å². The van der Waals surface area contributed by atoms with Crippen LogP contribution in [0.4, 0.5) is 9.18 Å². The molecule has 0 bridgehead atoms. The van der Waals surface area contributed by atoms with Crippen LogP contribution in [-0.2, 0) is 0 Å². The first-order valence-electron chi connectivity index (χ1n) is 1.76. The maximum absolute atomic E-state index is 11.5. The zero-order valence-corrected chi connectivity index (χ0v) is 3.81. The molecule has 1 unspecified atom stereocenters. The third-order valence-corrected chi connectivity index (χ3v) is 0.322. The second kappa shape index (κ2) is 2.39. The maximum atomic E-state index is 11.5. The van der Waals surface area contributed by atoms with Crippen LogP contribution in [0.1, 0.15) is 6.92 Å².